The lowest BCUT2D eigenvalue weighted by Crippen LogP contribution is -2.20. The summed E-state index contributed by atoms with van der Waals surface area (Å²) < 4.78 is 0. The molecule has 0 fully saturated rings. The van der Waals surface area contributed by atoms with E-state index in [1.54, 1.807) is 4.90 Å². The number of hydrogen-bond donors (Lipinski definition) is 1. The third-order valence-corrected chi connectivity index (χ3v) is 3.39. The summed E-state index contributed by atoms with van der Waals surface area (Å²) in [5.74, 6) is 0.679. The molecule has 0 saturated heterocycles. The SMILES string of the molecule is CNC(CCl)c1ccc2c(c1)CC(=O)N2C. The molecule has 3 nitrogen and oxygen atoms in total. The second kappa shape index (κ2) is 4.44. The minimum absolute atomic E-state index is 0.146. The Hall–Kier alpha value is -1.06. The lowest BCUT2D eigenvalue weighted by molar-refractivity contribution is -0.117. The molecule has 1 unspecified atom stereocenters. The summed E-state index contributed by atoms with van der Waals surface area (Å²) in [6.45, 7) is 0. The third kappa shape index (κ3) is 1.81. The molecule has 16 heavy (non-hydrogen) atoms. The van der Waals surface area contributed by atoms with Crippen LogP contribution in [-0.4, -0.2) is 25.9 Å². The predicted molar refractivity (Wildman–Crippen MR) is 66.1 cm³/mol. The van der Waals surface area contributed by atoms with Crippen LogP contribution in [0.25, 0.3) is 0 Å². The molecular formula is C12H15ClN2O. The van der Waals surface area contributed by atoms with Gasteiger partial charge in [0.05, 0.1) is 6.42 Å². The van der Waals surface area contributed by atoms with Crippen LogP contribution < -0.4 is 10.2 Å². The molecule has 1 amide bonds. The Morgan fingerprint density at radius 3 is 2.94 bits per heavy atom. The van der Waals surface area contributed by atoms with Gasteiger partial charge in [-0.1, -0.05) is 12.1 Å². The smallest absolute Gasteiger partial charge is 0.231 e. The Bertz CT molecular complexity index is 415. The molecule has 1 atom stereocenters. The highest BCUT2D eigenvalue weighted by molar-refractivity contribution is 6.18. The predicted octanol–water partition coefficient (Wildman–Crippen LogP) is 1.70. The maximum absolute atomic E-state index is 11.5. The first-order valence-electron chi connectivity index (χ1n) is 5.30. The number of amides is 1. The summed E-state index contributed by atoms with van der Waals surface area (Å²) in [5.41, 5.74) is 3.24. The van der Waals surface area contributed by atoms with Crippen molar-refractivity contribution in [2.75, 3.05) is 24.9 Å². The van der Waals surface area contributed by atoms with E-state index in [0.29, 0.717) is 12.3 Å². The highest BCUT2D eigenvalue weighted by Crippen LogP contribution is 2.30. The largest absolute Gasteiger partial charge is 0.315 e. The van der Waals surface area contributed by atoms with Crippen LogP contribution in [0.5, 0.6) is 0 Å². The van der Waals surface area contributed by atoms with E-state index in [9.17, 15) is 4.79 Å². The number of fused-ring (bicyclic) bond motifs is 1. The average molecular weight is 239 g/mol. The molecule has 0 radical (unpaired) electrons. The van der Waals surface area contributed by atoms with Crippen molar-refractivity contribution in [2.45, 2.75) is 12.5 Å². The summed E-state index contributed by atoms with van der Waals surface area (Å²) in [4.78, 5) is 13.2. The van der Waals surface area contributed by atoms with Crippen molar-refractivity contribution in [3.8, 4) is 0 Å². The fraction of sp³-hybridized carbons (Fsp3) is 0.417. The normalized spacial score (nSPS) is 16.4. The van der Waals surface area contributed by atoms with Gasteiger partial charge in [-0.25, -0.2) is 0 Å². The van der Waals surface area contributed by atoms with Gasteiger partial charge in [0.25, 0.3) is 0 Å². The van der Waals surface area contributed by atoms with Gasteiger partial charge in [0.1, 0.15) is 0 Å². The van der Waals surface area contributed by atoms with Gasteiger partial charge in [-0.15, -0.1) is 11.6 Å². The number of nitrogens with zero attached hydrogens (tertiary/aromatic N) is 1. The zero-order valence-electron chi connectivity index (χ0n) is 9.46. The van der Waals surface area contributed by atoms with Crippen LogP contribution in [0.4, 0.5) is 5.69 Å². The van der Waals surface area contributed by atoms with Gasteiger partial charge < -0.3 is 10.2 Å². The fourth-order valence-corrected chi connectivity index (χ4v) is 2.37. The summed E-state index contributed by atoms with van der Waals surface area (Å²) in [5, 5.41) is 3.15. The van der Waals surface area contributed by atoms with Crippen LogP contribution in [0, 0.1) is 0 Å². The lowest BCUT2D eigenvalue weighted by atomic mass is 10.0. The minimum atomic E-state index is 0.146. The third-order valence-electron chi connectivity index (χ3n) is 3.09. The number of benzene rings is 1. The standard InChI is InChI=1S/C12H15ClN2O/c1-14-10(7-13)8-3-4-11-9(5-8)6-12(16)15(11)2/h3-5,10,14H,6-7H2,1-2H3. The van der Waals surface area contributed by atoms with E-state index in [2.05, 4.69) is 11.4 Å². The van der Waals surface area contributed by atoms with E-state index in [-0.39, 0.29) is 11.9 Å². The van der Waals surface area contributed by atoms with Crippen molar-refractivity contribution in [2.24, 2.45) is 0 Å². The number of hydrogen-bond acceptors (Lipinski definition) is 2. The van der Waals surface area contributed by atoms with Crippen LogP contribution in [0.1, 0.15) is 17.2 Å². The van der Waals surface area contributed by atoms with Crippen molar-refractivity contribution in [1.29, 1.82) is 0 Å². The van der Waals surface area contributed by atoms with Crippen molar-refractivity contribution in [3.63, 3.8) is 0 Å². The molecule has 0 aromatic heterocycles. The fourth-order valence-electron chi connectivity index (χ4n) is 2.04. The molecular weight excluding hydrogens is 224 g/mol. The maximum atomic E-state index is 11.5. The zero-order chi connectivity index (χ0) is 11.7. The minimum Gasteiger partial charge on any atom is -0.315 e. The monoisotopic (exact) mass is 238 g/mol. The Labute approximate surface area is 100 Å². The molecule has 0 saturated carbocycles. The number of alkyl halides is 1. The highest BCUT2D eigenvalue weighted by Gasteiger charge is 2.24. The van der Waals surface area contributed by atoms with Gasteiger partial charge in [0.15, 0.2) is 0 Å². The second-order valence-corrected chi connectivity index (χ2v) is 4.32. The topological polar surface area (TPSA) is 32.3 Å². The van der Waals surface area contributed by atoms with Crippen molar-refractivity contribution >= 4 is 23.2 Å². The first kappa shape index (κ1) is 11.4. The van der Waals surface area contributed by atoms with Gasteiger partial charge >= 0.3 is 0 Å². The molecule has 1 N–H and O–H groups in total. The molecule has 86 valence electrons. The molecule has 4 heteroatoms. The molecule has 1 aliphatic rings. The van der Waals surface area contributed by atoms with Crippen molar-refractivity contribution in [1.82, 2.24) is 5.32 Å². The zero-order valence-corrected chi connectivity index (χ0v) is 10.2. The Morgan fingerprint density at radius 1 is 1.56 bits per heavy atom. The molecule has 0 spiro atoms. The van der Waals surface area contributed by atoms with Crippen LogP contribution >= 0.6 is 11.6 Å². The summed E-state index contributed by atoms with van der Waals surface area (Å²) >= 11 is 5.87. The van der Waals surface area contributed by atoms with Crippen molar-refractivity contribution in [3.05, 3.63) is 29.3 Å². The van der Waals surface area contributed by atoms with E-state index in [1.165, 1.54) is 0 Å². The number of carbonyl (C=O) groups excluding carboxylic acids is 1. The van der Waals surface area contributed by atoms with Gasteiger partial charge in [-0.3, -0.25) is 4.79 Å². The van der Waals surface area contributed by atoms with Crippen LogP contribution in [0.3, 0.4) is 0 Å². The van der Waals surface area contributed by atoms with E-state index in [0.717, 1.165) is 16.8 Å². The number of rotatable bonds is 3. The van der Waals surface area contributed by atoms with Gasteiger partial charge in [0.2, 0.25) is 5.91 Å². The molecule has 1 aromatic carbocycles. The molecule has 1 aromatic rings. The summed E-state index contributed by atoms with van der Waals surface area (Å²) in [6, 6.07) is 6.23. The van der Waals surface area contributed by atoms with Crippen LogP contribution in [0.15, 0.2) is 18.2 Å². The number of halogens is 1. The van der Waals surface area contributed by atoms with E-state index in [4.69, 9.17) is 11.6 Å². The van der Waals surface area contributed by atoms with Gasteiger partial charge in [-0.05, 0) is 24.2 Å². The maximum Gasteiger partial charge on any atom is 0.231 e. The average Bonchev–Trinajstić information content (AvgIpc) is 2.56. The van der Waals surface area contributed by atoms with Gasteiger partial charge in [-0.2, -0.15) is 0 Å². The van der Waals surface area contributed by atoms with E-state index < -0.39 is 0 Å². The van der Waals surface area contributed by atoms with E-state index in [1.807, 2.05) is 26.2 Å². The summed E-state index contributed by atoms with van der Waals surface area (Å²) in [7, 11) is 3.70. The highest BCUT2D eigenvalue weighted by atomic mass is 35.5. The second-order valence-electron chi connectivity index (χ2n) is 4.01. The number of carbonyl (C=O) groups is 1. The van der Waals surface area contributed by atoms with Crippen LogP contribution in [0.2, 0.25) is 0 Å². The lowest BCUT2D eigenvalue weighted by Gasteiger charge is -2.15. The molecule has 1 aliphatic heterocycles. The van der Waals surface area contributed by atoms with Gasteiger partial charge in [0, 0.05) is 24.7 Å². The number of nitrogens with one attached hydrogen (secondary N) is 1. The quantitative estimate of drug-likeness (QED) is 0.814. The first-order chi connectivity index (χ1) is 7.67. The molecule has 0 aliphatic carbocycles. The van der Waals surface area contributed by atoms with E-state index >= 15 is 0 Å². The Balaban J connectivity index is 2.35. The number of anilines is 1. The summed E-state index contributed by atoms with van der Waals surface area (Å²) in [6.07, 6.45) is 0.498. The Morgan fingerprint density at radius 2 is 2.31 bits per heavy atom. The first-order valence-corrected chi connectivity index (χ1v) is 5.83. The Kier molecular flexibility index (Phi) is 3.17. The molecule has 0 bridgehead atoms. The van der Waals surface area contributed by atoms with Crippen molar-refractivity contribution < 1.29 is 4.79 Å². The van der Waals surface area contributed by atoms with Crippen LogP contribution in [-0.2, 0) is 11.2 Å². The molecule has 2 rings (SSSR count). The molecule has 1 heterocycles. The number of likely N-dealkylation sites (N-methyl/N-ethyl adjacent to an activating group) is 1.